The first-order valence-corrected chi connectivity index (χ1v) is 12.1. The molecule has 0 atom stereocenters. The number of aromatic nitrogens is 6. The van der Waals surface area contributed by atoms with Gasteiger partial charge in [0, 0.05) is 6.26 Å². The second kappa shape index (κ2) is 8.88. The number of nitrogens with zero attached hydrogens (tertiary/aromatic N) is 6. The monoisotopic (exact) mass is 482 g/mol. The standard InChI is InChI=1S/C6H4ClN3O2S2.C6H4ClN3S2.CH4/c1-14(11,12)6-10-5-3(13-6)4(7)8-2-9-5;1-11-6-10-5-3(12-6)4(7)8-2-9-5;/h2H,1H3;2H,1H3;1H4. The van der Waals surface area contributed by atoms with Crippen molar-refractivity contribution < 1.29 is 8.42 Å². The largest absolute Gasteiger partial charge is 0.223 e. The van der Waals surface area contributed by atoms with E-state index in [1.807, 2.05) is 6.26 Å². The molecule has 0 aromatic carbocycles. The molecule has 0 bridgehead atoms. The summed E-state index contributed by atoms with van der Waals surface area (Å²) in [5.41, 5.74) is 1.000. The summed E-state index contributed by atoms with van der Waals surface area (Å²) >= 11 is 15.7. The molecule has 8 nitrogen and oxygen atoms in total. The molecule has 0 spiro atoms. The van der Waals surface area contributed by atoms with Gasteiger partial charge in [-0.2, -0.15) is 0 Å². The number of halogens is 2. The zero-order chi connectivity index (χ0) is 18.9. The minimum Gasteiger partial charge on any atom is -0.223 e. The molecule has 0 N–H and O–H groups in total. The number of thiazole rings is 2. The molecule has 4 aromatic heterocycles. The highest BCUT2D eigenvalue weighted by Crippen LogP contribution is 2.30. The summed E-state index contributed by atoms with van der Waals surface area (Å²) in [7, 11) is -3.30. The van der Waals surface area contributed by atoms with E-state index >= 15 is 0 Å². The normalized spacial score (nSPS) is 11.1. The average Bonchev–Trinajstić information content (AvgIpc) is 3.20. The van der Waals surface area contributed by atoms with Crippen LogP contribution in [0.2, 0.25) is 10.3 Å². The van der Waals surface area contributed by atoms with Gasteiger partial charge in [0.2, 0.25) is 14.2 Å². The molecule has 4 heterocycles. The summed E-state index contributed by atoms with van der Waals surface area (Å²) < 4.78 is 24.7. The first kappa shape index (κ1) is 22.1. The number of hydrogen-bond donors (Lipinski definition) is 0. The summed E-state index contributed by atoms with van der Waals surface area (Å²) in [4.78, 5) is 23.5. The fraction of sp³-hybridized carbons (Fsp3) is 0.231. The highest BCUT2D eigenvalue weighted by Gasteiger charge is 2.16. The molecule has 14 heteroatoms. The first-order chi connectivity index (χ1) is 12.3. The van der Waals surface area contributed by atoms with Crippen molar-refractivity contribution in [1.82, 2.24) is 29.9 Å². The molecule has 0 fully saturated rings. The minimum absolute atomic E-state index is 0. The molecule has 0 aliphatic carbocycles. The van der Waals surface area contributed by atoms with E-state index in [0.717, 1.165) is 26.6 Å². The average molecular weight is 483 g/mol. The Morgan fingerprint density at radius 3 is 1.89 bits per heavy atom. The van der Waals surface area contributed by atoms with Crippen molar-refractivity contribution in [2.75, 3.05) is 12.5 Å². The molecule has 0 amide bonds. The Labute approximate surface area is 177 Å². The third-order valence-corrected chi connectivity index (χ3v) is 8.31. The van der Waals surface area contributed by atoms with Crippen LogP contribution in [0.1, 0.15) is 7.43 Å². The fourth-order valence-corrected chi connectivity index (χ4v) is 5.28. The van der Waals surface area contributed by atoms with Crippen LogP contribution < -0.4 is 0 Å². The van der Waals surface area contributed by atoms with Crippen LogP contribution in [0.4, 0.5) is 0 Å². The fourth-order valence-electron chi connectivity index (χ4n) is 1.66. The van der Waals surface area contributed by atoms with Crippen LogP contribution in [0.15, 0.2) is 21.3 Å². The van der Waals surface area contributed by atoms with Gasteiger partial charge in [-0.05, 0) is 6.26 Å². The lowest BCUT2D eigenvalue weighted by Gasteiger charge is -1.86. The Balaban J connectivity index is 0.000000189. The van der Waals surface area contributed by atoms with Gasteiger partial charge in [-0.25, -0.2) is 38.3 Å². The Hall–Kier alpha value is -1.18. The van der Waals surface area contributed by atoms with Gasteiger partial charge in [-0.3, -0.25) is 0 Å². The quantitative estimate of drug-likeness (QED) is 0.305. The predicted molar refractivity (Wildman–Crippen MR) is 112 cm³/mol. The van der Waals surface area contributed by atoms with E-state index in [4.69, 9.17) is 23.2 Å². The molecule has 0 saturated carbocycles. The number of thioether (sulfide) groups is 1. The molecule has 0 saturated heterocycles. The second-order valence-electron chi connectivity index (χ2n) is 4.57. The number of hydrogen-bond acceptors (Lipinski definition) is 11. The molecular weight excluding hydrogens is 471 g/mol. The van der Waals surface area contributed by atoms with E-state index in [9.17, 15) is 8.42 Å². The highest BCUT2D eigenvalue weighted by molar-refractivity contribution is 8.00. The van der Waals surface area contributed by atoms with Crippen LogP contribution in [0.3, 0.4) is 0 Å². The van der Waals surface area contributed by atoms with Crippen molar-refractivity contribution in [3.05, 3.63) is 23.0 Å². The second-order valence-corrected chi connectivity index (χ2v) is 10.5. The lowest BCUT2D eigenvalue weighted by Crippen LogP contribution is -1.95. The maximum atomic E-state index is 11.2. The van der Waals surface area contributed by atoms with Gasteiger partial charge < -0.3 is 0 Å². The van der Waals surface area contributed by atoms with Crippen LogP contribution in [0.5, 0.6) is 0 Å². The van der Waals surface area contributed by atoms with Crippen LogP contribution in [0.25, 0.3) is 20.7 Å². The van der Waals surface area contributed by atoms with Crippen molar-refractivity contribution in [2.45, 2.75) is 16.1 Å². The Morgan fingerprint density at radius 2 is 1.44 bits per heavy atom. The van der Waals surface area contributed by atoms with Gasteiger partial charge in [0.05, 0.1) is 0 Å². The summed E-state index contributed by atoms with van der Waals surface area (Å²) in [5, 5.41) is 0.709. The molecule has 4 aromatic rings. The van der Waals surface area contributed by atoms with Gasteiger partial charge in [-0.1, -0.05) is 53.7 Å². The Bertz CT molecular complexity index is 1190. The zero-order valence-corrected chi connectivity index (χ0v) is 17.8. The van der Waals surface area contributed by atoms with Crippen molar-refractivity contribution in [2.24, 2.45) is 0 Å². The molecule has 0 aliphatic heterocycles. The van der Waals surface area contributed by atoms with Gasteiger partial charge in [0.25, 0.3) is 0 Å². The minimum atomic E-state index is -3.30. The predicted octanol–water partition coefficient (Wildman–Crippen LogP) is 4.24. The smallest absolute Gasteiger partial charge is 0.211 e. The first-order valence-electron chi connectivity index (χ1n) is 6.57. The zero-order valence-electron chi connectivity index (χ0n) is 13.0. The molecule has 27 heavy (non-hydrogen) atoms. The Morgan fingerprint density at radius 1 is 0.926 bits per heavy atom. The van der Waals surface area contributed by atoms with Crippen molar-refractivity contribution in [3.8, 4) is 0 Å². The summed E-state index contributed by atoms with van der Waals surface area (Å²) in [6.45, 7) is 0. The van der Waals surface area contributed by atoms with Gasteiger partial charge in [0.15, 0.2) is 25.9 Å². The Kier molecular flexibility index (Phi) is 7.27. The van der Waals surface area contributed by atoms with E-state index in [-0.39, 0.29) is 16.9 Å². The molecule has 0 aliphatic rings. The molecule has 0 radical (unpaired) electrons. The molecule has 4 rings (SSSR count). The maximum absolute atomic E-state index is 11.2. The van der Waals surface area contributed by atoms with Gasteiger partial charge in [0.1, 0.15) is 22.1 Å². The SMILES string of the molecule is C.CS(=O)(=O)c1nc2ncnc(Cl)c2s1.CSc1nc2ncnc(Cl)c2s1. The van der Waals surface area contributed by atoms with E-state index in [1.54, 1.807) is 11.8 Å². The lowest BCUT2D eigenvalue weighted by molar-refractivity contribution is 0.601. The maximum Gasteiger partial charge on any atom is 0.211 e. The van der Waals surface area contributed by atoms with Crippen molar-refractivity contribution in [1.29, 1.82) is 0 Å². The molecule has 0 unspecified atom stereocenters. The molecule has 144 valence electrons. The van der Waals surface area contributed by atoms with E-state index in [1.165, 1.54) is 24.0 Å². The van der Waals surface area contributed by atoms with Crippen molar-refractivity contribution in [3.63, 3.8) is 0 Å². The third-order valence-electron chi connectivity index (χ3n) is 2.75. The summed E-state index contributed by atoms with van der Waals surface area (Å²) in [6, 6.07) is 0. The van der Waals surface area contributed by atoms with E-state index in [2.05, 4.69) is 29.9 Å². The highest BCUT2D eigenvalue weighted by atomic mass is 35.5. The molecular formula is C13H12Cl2N6O2S4. The van der Waals surface area contributed by atoms with E-state index in [0.29, 0.717) is 21.1 Å². The lowest BCUT2D eigenvalue weighted by atomic mass is 10.6. The number of fused-ring (bicyclic) bond motifs is 2. The summed E-state index contributed by atoms with van der Waals surface area (Å²) in [5.74, 6) is 0. The van der Waals surface area contributed by atoms with Crippen LogP contribution >= 0.6 is 57.6 Å². The van der Waals surface area contributed by atoms with Crippen molar-refractivity contribution >= 4 is 88.2 Å². The number of rotatable bonds is 2. The van der Waals surface area contributed by atoms with E-state index < -0.39 is 9.84 Å². The topological polar surface area (TPSA) is 111 Å². The van der Waals surface area contributed by atoms with Crippen LogP contribution in [-0.4, -0.2) is 50.8 Å². The summed E-state index contributed by atoms with van der Waals surface area (Å²) in [6.07, 6.45) is 5.73. The van der Waals surface area contributed by atoms with Crippen LogP contribution in [-0.2, 0) is 9.84 Å². The third kappa shape index (κ3) is 5.00. The van der Waals surface area contributed by atoms with Crippen LogP contribution in [0, 0.1) is 0 Å². The van der Waals surface area contributed by atoms with Gasteiger partial charge >= 0.3 is 0 Å². The number of sulfone groups is 1. The van der Waals surface area contributed by atoms with Gasteiger partial charge in [-0.15, -0.1) is 11.3 Å².